The molecule has 0 saturated carbocycles. The highest BCUT2D eigenvalue weighted by atomic mass is 16.6. The van der Waals surface area contributed by atoms with E-state index in [0.717, 1.165) is 34.8 Å². The van der Waals surface area contributed by atoms with E-state index in [4.69, 9.17) is 19.2 Å². The Kier molecular flexibility index (Phi) is 13.5. The van der Waals surface area contributed by atoms with E-state index in [1.54, 1.807) is 0 Å². The molecule has 0 bridgehead atoms. The Morgan fingerprint density at radius 2 is 1.37 bits per heavy atom. The van der Waals surface area contributed by atoms with Gasteiger partial charge in [0.15, 0.2) is 0 Å². The van der Waals surface area contributed by atoms with Gasteiger partial charge in [0, 0.05) is 37.3 Å². The number of carbonyl (C=O) groups is 2. The number of rotatable bonds is 12. The van der Waals surface area contributed by atoms with Gasteiger partial charge in [-0.15, -0.1) is 0 Å². The van der Waals surface area contributed by atoms with E-state index in [-0.39, 0.29) is 17.9 Å². The summed E-state index contributed by atoms with van der Waals surface area (Å²) in [7, 11) is 0. The molecular weight excluding hydrogens is 544 g/mol. The number of alkyl carbamates (subject to hydrolysis) is 1. The summed E-state index contributed by atoms with van der Waals surface area (Å²) in [5.74, 6) is 6.90. The maximum absolute atomic E-state index is 12.1. The number of amides is 1. The van der Waals surface area contributed by atoms with Crippen molar-refractivity contribution in [1.29, 1.82) is 0 Å². The zero-order valence-corrected chi connectivity index (χ0v) is 27.4. The third-order valence-electron chi connectivity index (χ3n) is 5.35. The van der Waals surface area contributed by atoms with Crippen LogP contribution in [0.5, 0.6) is 5.75 Å². The molecule has 0 atom stereocenters. The summed E-state index contributed by atoms with van der Waals surface area (Å²) in [6.07, 6.45) is 0.229. The van der Waals surface area contributed by atoms with Crippen LogP contribution in [0.15, 0.2) is 36.4 Å². The summed E-state index contributed by atoms with van der Waals surface area (Å²) in [5.41, 5.74) is 2.49. The molecule has 0 radical (unpaired) electrons. The summed E-state index contributed by atoms with van der Waals surface area (Å²) >= 11 is 0. The van der Waals surface area contributed by atoms with Crippen molar-refractivity contribution >= 4 is 12.1 Å². The van der Waals surface area contributed by atoms with Gasteiger partial charge >= 0.3 is 12.1 Å². The molecule has 0 aliphatic carbocycles. The molecule has 0 spiro atoms. The number of hydrogen-bond donors (Lipinski definition) is 3. The van der Waals surface area contributed by atoms with Crippen molar-refractivity contribution in [3.63, 3.8) is 0 Å². The number of nitrogens with zero attached hydrogens (tertiary/aromatic N) is 1. The summed E-state index contributed by atoms with van der Waals surface area (Å²) in [4.78, 5) is 28.6. The van der Waals surface area contributed by atoms with E-state index in [9.17, 15) is 9.59 Å². The van der Waals surface area contributed by atoms with Crippen LogP contribution in [0.4, 0.5) is 4.79 Å². The number of benzene rings is 1. The quantitative estimate of drug-likeness (QED) is 0.172. The number of ether oxygens (including phenoxy) is 3. The average Bonchev–Trinajstić information content (AvgIpc) is 2.85. The number of esters is 1. The van der Waals surface area contributed by atoms with E-state index in [1.165, 1.54) is 0 Å². The van der Waals surface area contributed by atoms with Crippen LogP contribution in [0.1, 0.15) is 91.2 Å². The van der Waals surface area contributed by atoms with Crippen LogP contribution in [0, 0.1) is 17.3 Å². The van der Waals surface area contributed by atoms with Crippen molar-refractivity contribution in [2.75, 3.05) is 26.2 Å². The molecule has 43 heavy (non-hydrogen) atoms. The number of hydrogen-bond acceptors (Lipinski definition) is 8. The molecular formula is C34H50N4O5. The first-order chi connectivity index (χ1) is 20.0. The highest BCUT2D eigenvalue weighted by molar-refractivity contribution is 5.72. The third-order valence-corrected chi connectivity index (χ3v) is 5.35. The third kappa shape index (κ3) is 17.2. The van der Waals surface area contributed by atoms with Gasteiger partial charge in [-0.1, -0.05) is 32.6 Å². The fourth-order valence-electron chi connectivity index (χ4n) is 3.68. The van der Waals surface area contributed by atoms with Crippen molar-refractivity contribution in [2.24, 2.45) is 5.41 Å². The monoisotopic (exact) mass is 594 g/mol. The second-order valence-corrected chi connectivity index (χ2v) is 13.6. The Bertz CT molecular complexity index is 1240. The smallest absolute Gasteiger partial charge is 0.407 e. The van der Waals surface area contributed by atoms with Gasteiger partial charge in [0.05, 0.1) is 24.5 Å². The molecule has 1 aromatic heterocycles. The number of carbonyl (C=O) groups excluding carboxylic acids is 2. The molecule has 9 heteroatoms. The predicted octanol–water partition coefficient (Wildman–Crippen LogP) is 5.34. The first kappa shape index (κ1) is 35.6. The Morgan fingerprint density at radius 1 is 0.791 bits per heavy atom. The minimum absolute atomic E-state index is 0.0983. The van der Waals surface area contributed by atoms with Crippen molar-refractivity contribution < 1.29 is 23.8 Å². The van der Waals surface area contributed by atoms with Gasteiger partial charge in [-0.2, -0.15) is 0 Å². The van der Waals surface area contributed by atoms with Crippen molar-refractivity contribution in [3.05, 3.63) is 58.9 Å². The Morgan fingerprint density at radius 3 is 1.95 bits per heavy atom. The molecule has 236 valence electrons. The zero-order valence-electron chi connectivity index (χ0n) is 27.4. The highest BCUT2D eigenvalue weighted by Gasteiger charge is 2.16. The topological polar surface area (TPSA) is 111 Å². The van der Waals surface area contributed by atoms with Gasteiger partial charge in [0.25, 0.3) is 0 Å². The molecule has 1 aromatic carbocycles. The van der Waals surface area contributed by atoms with Crippen LogP contribution < -0.4 is 20.7 Å². The van der Waals surface area contributed by atoms with Gasteiger partial charge in [0.1, 0.15) is 17.0 Å². The molecule has 2 aromatic rings. The highest BCUT2D eigenvalue weighted by Crippen LogP contribution is 2.14. The minimum Gasteiger partial charge on any atom is -0.494 e. The SMILES string of the molecule is CC(C)(C)CNCc1cc(C#Cc2ccc(OCCCNC(=O)OC(C)(C)C)cc2)cc(CNCC(=O)OC(C)(C)C)n1. The Hall–Kier alpha value is -3.61. The molecule has 0 unspecified atom stereocenters. The Labute approximate surface area is 257 Å². The fraction of sp³-hybridized carbons (Fsp3) is 0.559. The maximum Gasteiger partial charge on any atom is 0.407 e. The summed E-state index contributed by atoms with van der Waals surface area (Å²) < 4.78 is 16.4. The first-order valence-electron chi connectivity index (χ1n) is 14.8. The van der Waals surface area contributed by atoms with Gasteiger partial charge in [-0.3, -0.25) is 9.78 Å². The largest absolute Gasteiger partial charge is 0.494 e. The maximum atomic E-state index is 12.1. The fourth-order valence-corrected chi connectivity index (χ4v) is 3.68. The lowest BCUT2D eigenvalue weighted by Crippen LogP contribution is -2.33. The van der Waals surface area contributed by atoms with Crippen molar-refractivity contribution in [1.82, 2.24) is 20.9 Å². The van der Waals surface area contributed by atoms with Crippen LogP contribution >= 0.6 is 0 Å². The second-order valence-electron chi connectivity index (χ2n) is 13.6. The normalized spacial score (nSPS) is 11.7. The van der Waals surface area contributed by atoms with E-state index in [0.29, 0.717) is 32.7 Å². The van der Waals surface area contributed by atoms with Crippen LogP contribution in [-0.2, 0) is 27.4 Å². The van der Waals surface area contributed by atoms with Crippen LogP contribution in [-0.4, -0.2) is 54.5 Å². The second kappa shape index (κ2) is 16.3. The molecule has 3 N–H and O–H groups in total. The molecule has 1 amide bonds. The number of pyridine rings is 1. The van der Waals surface area contributed by atoms with Crippen LogP contribution in [0.2, 0.25) is 0 Å². The molecule has 1 heterocycles. The van der Waals surface area contributed by atoms with E-state index < -0.39 is 17.3 Å². The van der Waals surface area contributed by atoms with Gasteiger partial charge < -0.3 is 30.2 Å². The molecule has 0 saturated heterocycles. The first-order valence-corrected chi connectivity index (χ1v) is 14.8. The number of nitrogens with one attached hydrogen (secondary N) is 3. The predicted molar refractivity (Wildman–Crippen MR) is 170 cm³/mol. The summed E-state index contributed by atoms with van der Waals surface area (Å²) in [5, 5.41) is 9.32. The van der Waals surface area contributed by atoms with E-state index in [1.807, 2.05) is 77.9 Å². The summed E-state index contributed by atoms with van der Waals surface area (Å²) in [6.45, 7) is 20.5. The lowest BCUT2D eigenvalue weighted by molar-refractivity contribution is -0.153. The zero-order chi connectivity index (χ0) is 32.1. The molecule has 2 rings (SSSR count). The Balaban J connectivity index is 1.98. The average molecular weight is 595 g/mol. The summed E-state index contributed by atoms with van der Waals surface area (Å²) in [6, 6.07) is 11.5. The standard InChI is InChI=1S/C34H50N4O5/c1-32(2,3)24-36-22-28-20-26(19-27(38-28)21-35-23-30(39)42-33(4,5)6)12-11-25-13-15-29(16-14-25)41-18-10-17-37-31(40)43-34(7,8)9/h13-16,19-20,35-36H,10,17-18,21-24H2,1-9H3,(H,37,40). The van der Waals surface area contributed by atoms with Crippen molar-refractivity contribution in [3.8, 4) is 17.6 Å². The van der Waals surface area contributed by atoms with Crippen molar-refractivity contribution in [2.45, 2.75) is 93.0 Å². The van der Waals surface area contributed by atoms with Gasteiger partial charge in [-0.05, 0) is 89.8 Å². The molecule has 0 aliphatic heterocycles. The molecule has 0 aliphatic rings. The van der Waals surface area contributed by atoms with Crippen LogP contribution in [0.3, 0.4) is 0 Å². The van der Waals surface area contributed by atoms with E-state index in [2.05, 4.69) is 48.6 Å². The minimum atomic E-state index is -0.524. The lowest BCUT2D eigenvalue weighted by atomic mass is 9.97. The number of aromatic nitrogens is 1. The van der Waals surface area contributed by atoms with E-state index >= 15 is 0 Å². The molecule has 0 fully saturated rings. The lowest BCUT2D eigenvalue weighted by Gasteiger charge is -2.19. The van der Waals surface area contributed by atoms with Gasteiger partial charge in [0.2, 0.25) is 0 Å². The van der Waals surface area contributed by atoms with Crippen LogP contribution in [0.25, 0.3) is 0 Å². The van der Waals surface area contributed by atoms with Gasteiger partial charge in [-0.25, -0.2) is 4.79 Å². The molecule has 9 nitrogen and oxygen atoms in total.